The van der Waals surface area contributed by atoms with E-state index in [0.29, 0.717) is 23.9 Å². The van der Waals surface area contributed by atoms with Crippen LogP contribution in [0.2, 0.25) is 0 Å². The predicted octanol–water partition coefficient (Wildman–Crippen LogP) is 4.80. The number of carbonyl (C=O) groups is 2. The highest BCUT2D eigenvalue weighted by Crippen LogP contribution is 2.29. The number of aliphatic carboxylic acids is 1. The molecule has 4 aromatic rings. The minimum Gasteiger partial charge on any atom is -0.485 e. The topological polar surface area (TPSA) is 125 Å². The second-order valence-electron chi connectivity index (χ2n) is 10.7. The summed E-state index contributed by atoms with van der Waals surface area (Å²) in [6.07, 6.45) is 2.42. The first-order valence-electron chi connectivity index (χ1n) is 14.9. The summed E-state index contributed by atoms with van der Waals surface area (Å²) in [7, 11) is 0. The molecule has 3 N–H and O–H groups in total. The van der Waals surface area contributed by atoms with E-state index in [2.05, 4.69) is 44.5 Å². The van der Waals surface area contributed by atoms with Crippen LogP contribution in [-0.4, -0.2) is 51.7 Å². The third kappa shape index (κ3) is 7.75. The minimum atomic E-state index is -1.83. The summed E-state index contributed by atoms with van der Waals surface area (Å²) < 4.78 is 13.6. The van der Waals surface area contributed by atoms with Crippen LogP contribution in [0, 0.1) is 12.8 Å². The van der Waals surface area contributed by atoms with E-state index in [1.807, 2.05) is 54.6 Å². The number of nitrogens with zero attached hydrogens (tertiary/aromatic N) is 3. The van der Waals surface area contributed by atoms with Crippen molar-refractivity contribution >= 4 is 17.6 Å². The molecular weight excluding hydrogens is 544 g/mol. The lowest BCUT2D eigenvalue weighted by molar-refractivity contribution is -0.135. The number of piperidine rings is 1. The monoisotopic (exact) mass is 581 g/mol. The van der Waals surface area contributed by atoms with Gasteiger partial charge in [-0.15, -0.1) is 0 Å². The molecule has 1 fully saturated rings. The number of hydrogen-bond acceptors (Lipinski definition) is 7. The molecule has 1 amide bonds. The normalized spacial score (nSPS) is 14.6. The summed E-state index contributed by atoms with van der Waals surface area (Å²) >= 11 is 0. The molecule has 0 spiro atoms. The number of nitrogens with one attached hydrogen (secondary N) is 1. The SMILES string of the molecule is [2H]C(NC(=O)c1nc(CC2CCN(c3ccc(-c4ccc(CO)cc4)cc3)CC2)nc(C)c1OCc1ccccc1)C(=O)O. The molecule has 1 saturated heterocycles. The van der Waals surface area contributed by atoms with Gasteiger partial charge in [-0.1, -0.05) is 66.7 Å². The zero-order chi connectivity index (χ0) is 31.1. The summed E-state index contributed by atoms with van der Waals surface area (Å²) in [5.74, 6) is -1.27. The van der Waals surface area contributed by atoms with E-state index in [1.165, 1.54) is 0 Å². The maximum absolute atomic E-state index is 13.1. The van der Waals surface area contributed by atoms with Gasteiger partial charge in [-0.25, -0.2) is 9.97 Å². The fraction of sp³-hybridized carbons (Fsp3) is 0.294. The van der Waals surface area contributed by atoms with Gasteiger partial charge in [0.2, 0.25) is 0 Å². The number of aryl methyl sites for hydroxylation is 1. The Labute approximate surface area is 252 Å². The highest BCUT2D eigenvalue weighted by Gasteiger charge is 2.24. The van der Waals surface area contributed by atoms with Gasteiger partial charge < -0.3 is 25.2 Å². The fourth-order valence-electron chi connectivity index (χ4n) is 5.28. The quantitative estimate of drug-likeness (QED) is 0.231. The van der Waals surface area contributed by atoms with Gasteiger partial charge in [-0.3, -0.25) is 9.59 Å². The van der Waals surface area contributed by atoms with Crippen molar-refractivity contribution in [2.24, 2.45) is 5.92 Å². The van der Waals surface area contributed by atoms with Crippen molar-refractivity contribution in [2.75, 3.05) is 24.5 Å². The number of aliphatic hydroxyl groups is 1. The first-order chi connectivity index (χ1) is 21.3. The lowest BCUT2D eigenvalue weighted by atomic mass is 9.92. The molecule has 0 aliphatic carbocycles. The lowest BCUT2D eigenvalue weighted by Gasteiger charge is -2.33. The molecule has 0 bridgehead atoms. The number of rotatable bonds is 11. The highest BCUT2D eigenvalue weighted by atomic mass is 16.5. The fourth-order valence-corrected chi connectivity index (χ4v) is 5.28. The number of hydrogen-bond donors (Lipinski definition) is 3. The smallest absolute Gasteiger partial charge is 0.322 e. The number of aromatic nitrogens is 2. The summed E-state index contributed by atoms with van der Waals surface area (Å²) in [5, 5.41) is 20.6. The predicted molar refractivity (Wildman–Crippen MR) is 164 cm³/mol. The third-order valence-corrected chi connectivity index (χ3v) is 7.64. The standard InChI is InChI=1S/C34H36N4O5/c1-23-33(43-22-26-5-3-2-4-6-26)32(34(42)35-20-31(40)41)37-30(36-23)19-24-15-17-38(18-16-24)29-13-11-28(12-14-29)27-9-7-25(21-39)8-10-27/h2-14,24,39H,15-22H2,1H3,(H,35,42)(H,40,41)/i20D. The number of amides is 1. The van der Waals surface area contributed by atoms with E-state index < -0.39 is 18.4 Å². The Balaban J connectivity index is 1.25. The first kappa shape index (κ1) is 28.4. The molecule has 1 atom stereocenters. The molecule has 1 unspecified atom stereocenters. The van der Waals surface area contributed by atoms with E-state index in [1.54, 1.807) is 6.92 Å². The van der Waals surface area contributed by atoms with E-state index in [4.69, 9.17) is 11.2 Å². The zero-order valence-electron chi connectivity index (χ0n) is 25.1. The molecule has 43 heavy (non-hydrogen) atoms. The second kappa shape index (κ2) is 13.9. The van der Waals surface area contributed by atoms with Gasteiger partial charge in [-0.05, 0) is 60.1 Å². The number of carbonyl (C=O) groups excluding carboxylic acids is 1. The van der Waals surface area contributed by atoms with Crippen LogP contribution in [0.15, 0.2) is 78.9 Å². The van der Waals surface area contributed by atoms with Gasteiger partial charge in [-0.2, -0.15) is 0 Å². The molecule has 0 radical (unpaired) electrons. The second-order valence-corrected chi connectivity index (χ2v) is 10.7. The Kier molecular flexibility index (Phi) is 9.19. The number of ether oxygens (including phenoxy) is 1. The molecule has 5 rings (SSSR count). The van der Waals surface area contributed by atoms with Crippen LogP contribution in [0.4, 0.5) is 5.69 Å². The average Bonchev–Trinajstić information content (AvgIpc) is 3.05. The van der Waals surface area contributed by atoms with E-state index in [-0.39, 0.29) is 24.7 Å². The van der Waals surface area contributed by atoms with Crippen molar-refractivity contribution in [1.29, 1.82) is 0 Å². The van der Waals surface area contributed by atoms with Gasteiger partial charge in [0.15, 0.2) is 11.4 Å². The number of carboxylic acid groups (broad SMARTS) is 1. The summed E-state index contributed by atoms with van der Waals surface area (Å²) in [4.78, 5) is 35.8. The van der Waals surface area contributed by atoms with Crippen LogP contribution >= 0.6 is 0 Å². The largest absolute Gasteiger partial charge is 0.485 e. The molecular formula is C34H36N4O5. The van der Waals surface area contributed by atoms with Crippen LogP contribution in [0.1, 0.15) is 47.3 Å². The highest BCUT2D eigenvalue weighted by molar-refractivity contribution is 5.96. The minimum absolute atomic E-state index is 0.0328. The average molecular weight is 582 g/mol. The molecule has 1 aliphatic heterocycles. The van der Waals surface area contributed by atoms with Crippen molar-refractivity contribution < 1.29 is 25.9 Å². The Morgan fingerprint density at radius 3 is 2.23 bits per heavy atom. The van der Waals surface area contributed by atoms with Crippen molar-refractivity contribution in [3.8, 4) is 16.9 Å². The van der Waals surface area contributed by atoms with Crippen LogP contribution in [0.3, 0.4) is 0 Å². The van der Waals surface area contributed by atoms with Crippen LogP contribution in [0.5, 0.6) is 5.75 Å². The summed E-state index contributed by atoms with van der Waals surface area (Å²) in [6.45, 7) is 1.88. The van der Waals surface area contributed by atoms with Gasteiger partial charge in [0, 0.05) is 25.2 Å². The zero-order valence-corrected chi connectivity index (χ0v) is 24.1. The molecule has 9 nitrogen and oxygen atoms in total. The van der Waals surface area contributed by atoms with Crippen LogP contribution in [0.25, 0.3) is 11.1 Å². The number of anilines is 1. The maximum Gasteiger partial charge on any atom is 0.322 e. The lowest BCUT2D eigenvalue weighted by Crippen LogP contribution is -2.34. The Bertz CT molecular complexity index is 1570. The van der Waals surface area contributed by atoms with Crippen molar-refractivity contribution in [3.63, 3.8) is 0 Å². The van der Waals surface area contributed by atoms with Gasteiger partial charge in [0.05, 0.1) is 13.7 Å². The molecule has 9 heteroatoms. The summed E-state index contributed by atoms with van der Waals surface area (Å²) in [6, 6.07) is 25.9. The molecule has 1 aromatic heterocycles. The van der Waals surface area contributed by atoms with E-state index >= 15 is 0 Å². The van der Waals surface area contributed by atoms with Crippen LogP contribution < -0.4 is 15.0 Å². The molecule has 0 saturated carbocycles. The Hall–Kier alpha value is -4.76. The van der Waals surface area contributed by atoms with Gasteiger partial charge in [0.1, 0.15) is 19.0 Å². The molecule has 1 aliphatic rings. The molecule has 3 aromatic carbocycles. The Morgan fingerprint density at radius 2 is 1.60 bits per heavy atom. The van der Waals surface area contributed by atoms with Crippen molar-refractivity contribution in [3.05, 3.63) is 107 Å². The van der Waals surface area contributed by atoms with Gasteiger partial charge in [0.25, 0.3) is 5.91 Å². The summed E-state index contributed by atoms with van der Waals surface area (Å²) in [5.41, 5.74) is 5.59. The van der Waals surface area contributed by atoms with Gasteiger partial charge >= 0.3 is 5.97 Å². The maximum atomic E-state index is 13.1. The first-order valence-corrected chi connectivity index (χ1v) is 14.4. The number of carboxylic acids is 1. The van der Waals surface area contributed by atoms with E-state index in [9.17, 15) is 14.7 Å². The van der Waals surface area contributed by atoms with Crippen molar-refractivity contribution in [1.82, 2.24) is 15.3 Å². The number of benzene rings is 3. The number of aliphatic hydroxyl groups excluding tert-OH is 1. The molecule has 222 valence electrons. The third-order valence-electron chi connectivity index (χ3n) is 7.64. The van der Waals surface area contributed by atoms with Crippen molar-refractivity contribution in [2.45, 2.75) is 39.4 Å². The van der Waals surface area contributed by atoms with E-state index in [0.717, 1.165) is 53.9 Å². The molecule has 2 heterocycles. The Morgan fingerprint density at radius 1 is 0.953 bits per heavy atom. The van der Waals surface area contributed by atoms with Crippen LogP contribution in [-0.2, 0) is 24.4 Å².